The number of carboxylic acids is 1. The third kappa shape index (κ3) is 5.90. The molecule has 1 atom stereocenters. The zero-order valence-electron chi connectivity index (χ0n) is 12.0. The van der Waals surface area contributed by atoms with E-state index in [9.17, 15) is 14.4 Å². The summed E-state index contributed by atoms with van der Waals surface area (Å²) in [5, 5.41) is 14.3. The lowest BCUT2D eigenvalue weighted by atomic mass is 10.2. The van der Waals surface area contributed by atoms with Gasteiger partial charge in [0.05, 0.1) is 5.92 Å². The molecule has 0 saturated heterocycles. The molecule has 1 fully saturated rings. The van der Waals surface area contributed by atoms with Crippen molar-refractivity contribution in [2.45, 2.75) is 39.2 Å². The fraction of sp³-hybridized carbons (Fsp3) is 0.769. The minimum atomic E-state index is -0.930. The maximum absolute atomic E-state index is 11.8. The van der Waals surface area contributed by atoms with E-state index in [0.717, 1.165) is 12.8 Å². The Morgan fingerprint density at radius 2 is 2.00 bits per heavy atom. The van der Waals surface area contributed by atoms with Gasteiger partial charge in [-0.3, -0.25) is 9.59 Å². The predicted octanol–water partition coefficient (Wildman–Crippen LogP) is 0.407. The van der Waals surface area contributed by atoms with E-state index < -0.39 is 11.9 Å². The second-order valence-corrected chi connectivity index (χ2v) is 5.10. The number of carbonyl (C=O) groups excluding carboxylic acids is 2. The summed E-state index contributed by atoms with van der Waals surface area (Å²) in [6.45, 7) is 4.19. The van der Waals surface area contributed by atoms with Crippen molar-refractivity contribution in [3.63, 3.8) is 0 Å². The van der Waals surface area contributed by atoms with E-state index >= 15 is 0 Å². The number of hydrogen-bond donors (Lipinski definition) is 3. The molecule has 1 rings (SSSR count). The molecule has 0 bridgehead atoms. The Kier molecular flexibility index (Phi) is 6.27. The summed E-state index contributed by atoms with van der Waals surface area (Å²) in [6.07, 6.45) is 2.32. The van der Waals surface area contributed by atoms with Gasteiger partial charge in [-0.05, 0) is 19.8 Å². The van der Waals surface area contributed by atoms with Crippen LogP contribution in [0, 0.1) is 5.92 Å². The standard InChI is InChI=1S/C13H23N3O4/c1-3-16(8-9(2)12(18)19)13(20)14-7-6-11(17)15-10-4-5-10/h9-10H,3-8H2,1-2H3,(H,14,20)(H,15,17)(H,18,19). The van der Waals surface area contributed by atoms with Gasteiger partial charge in [-0.25, -0.2) is 4.79 Å². The average molecular weight is 285 g/mol. The molecule has 0 aromatic carbocycles. The van der Waals surface area contributed by atoms with E-state index in [1.807, 2.05) is 0 Å². The number of urea groups is 1. The van der Waals surface area contributed by atoms with Crippen molar-refractivity contribution in [1.82, 2.24) is 15.5 Å². The molecule has 3 N–H and O–H groups in total. The molecule has 1 aliphatic rings. The Morgan fingerprint density at radius 3 is 2.50 bits per heavy atom. The highest BCUT2D eigenvalue weighted by Crippen LogP contribution is 2.18. The summed E-state index contributed by atoms with van der Waals surface area (Å²) in [6, 6.07) is -0.0124. The molecule has 20 heavy (non-hydrogen) atoms. The van der Waals surface area contributed by atoms with Crippen molar-refractivity contribution in [3.8, 4) is 0 Å². The molecule has 0 heterocycles. The van der Waals surface area contributed by atoms with Gasteiger partial charge < -0.3 is 20.6 Å². The van der Waals surface area contributed by atoms with Crippen LogP contribution in [0.1, 0.15) is 33.1 Å². The number of rotatable bonds is 8. The Hall–Kier alpha value is -1.79. The van der Waals surface area contributed by atoms with Gasteiger partial charge in [-0.2, -0.15) is 0 Å². The molecule has 0 aromatic rings. The summed E-state index contributed by atoms with van der Waals surface area (Å²) in [5.74, 6) is -1.60. The van der Waals surface area contributed by atoms with Crippen LogP contribution in [0.3, 0.4) is 0 Å². The topological polar surface area (TPSA) is 98.7 Å². The Balaban J connectivity index is 2.24. The summed E-state index contributed by atoms with van der Waals surface area (Å²) in [4.78, 5) is 35.5. The maximum atomic E-state index is 11.8. The van der Waals surface area contributed by atoms with Crippen LogP contribution in [0.25, 0.3) is 0 Å². The zero-order valence-corrected chi connectivity index (χ0v) is 12.0. The van der Waals surface area contributed by atoms with Gasteiger partial charge in [0, 0.05) is 32.1 Å². The van der Waals surface area contributed by atoms with Gasteiger partial charge >= 0.3 is 12.0 Å². The average Bonchev–Trinajstić information content (AvgIpc) is 3.18. The molecule has 7 heteroatoms. The largest absolute Gasteiger partial charge is 0.481 e. The molecule has 0 radical (unpaired) electrons. The van der Waals surface area contributed by atoms with Crippen LogP contribution in [-0.2, 0) is 9.59 Å². The SMILES string of the molecule is CCN(CC(C)C(=O)O)C(=O)NCCC(=O)NC1CC1. The third-order valence-corrected chi connectivity index (χ3v) is 3.16. The number of carbonyl (C=O) groups is 3. The first-order chi connectivity index (χ1) is 9.43. The number of carboxylic acid groups (broad SMARTS) is 1. The highest BCUT2D eigenvalue weighted by Gasteiger charge is 2.23. The number of nitrogens with one attached hydrogen (secondary N) is 2. The van der Waals surface area contributed by atoms with E-state index in [0.29, 0.717) is 12.6 Å². The van der Waals surface area contributed by atoms with Crippen LogP contribution in [0.5, 0.6) is 0 Å². The van der Waals surface area contributed by atoms with E-state index in [1.165, 1.54) is 4.90 Å². The fourth-order valence-electron chi connectivity index (χ4n) is 1.69. The molecule has 1 saturated carbocycles. The molecule has 114 valence electrons. The van der Waals surface area contributed by atoms with E-state index in [4.69, 9.17) is 5.11 Å². The Bertz CT molecular complexity index is 369. The summed E-state index contributed by atoms with van der Waals surface area (Å²) < 4.78 is 0. The predicted molar refractivity (Wildman–Crippen MR) is 73.2 cm³/mol. The quantitative estimate of drug-likeness (QED) is 0.601. The summed E-state index contributed by atoms with van der Waals surface area (Å²) >= 11 is 0. The molecular weight excluding hydrogens is 262 g/mol. The van der Waals surface area contributed by atoms with Crippen LogP contribution in [0.15, 0.2) is 0 Å². The normalized spacial score (nSPS) is 15.3. The lowest BCUT2D eigenvalue weighted by Gasteiger charge is -2.23. The van der Waals surface area contributed by atoms with Crippen LogP contribution >= 0.6 is 0 Å². The lowest BCUT2D eigenvalue weighted by molar-refractivity contribution is -0.141. The van der Waals surface area contributed by atoms with Gasteiger partial charge in [-0.1, -0.05) is 6.92 Å². The number of nitrogens with zero attached hydrogens (tertiary/aromatic N) is 1. The lowest BCUT2D eigenvalue weighted by Crippen LogP contribution is -2.44. The van der Waals surface area contributed by atoms with Crippen LogP contribution in [0.4, 0.5) is 4.79 Å². The first kappa shape index (κ1) is 16.3. The monoisotopic (exact) mass is 285 g/mol. The van der Waals surface area contributed by atoms with E-state index in [-0.39, 0.29) is 31.4 Å². The number of amides is 3. The van der Waals surface area contributed by atoms with Crippen LogP contribution in [0.2, 0.25) is 0 Å². The zero-order chi connectivity index (χ0) is 15.1. The van der Waals surface area contributed by atoms with Crippen LogP contribution < -0.4 is 10.6 Å². The van der Waals surface area contributed by atoms with Gasteiger partial charge in [0.25, 0.3) is 0 Å². The van der Waals surface area contributed by atoms with Crippen molar-refractivity contribution >= 4 is 17.9 Å². The Labute approximate surface area is 118 Å². The molecule has 7 nitrogen and oxygen atoms in total. The van der Waals surface area contributed by atoms with Crippen molar-refractivity contribution < 1.29 is 19.5 Å². The van der Waals surface area contributed by atoms with Crippen LogP contribution in [-0.4, -0.2) is 53.6 Å². The molecular formula is C13H23N3O4. The number of hydrogen-bond acceptors (Lipinski definition) is 3. The molecule has 1 unspecified atom stereocenters. The minimum absolute atomic E-state index is 0.0604. The molecule has 1 aliphatic carbocycles. The minimum Gasteiger partial charge on any atom is -0.481 e. The van der Waals surface area contributed by atoms with E-state index in [1.54, 1.807) is 13.8 Å². The maximum Gasteiger partial charge on any atom is 0.317 e. The third-order valence-electron chi connectivity index (χ3n) is 3.16. The molecule has 0 aliphatic heterocycles. The first-order valence-corrected chi connectivity index (χ1v) is 6.99. The second kappa shape index (κ2) is 7.72. The number of aliphatic carboxylic acids is 1. The van der Waals surface area contributed by atoms with E-state index in [2.05, 4.69) is 10.6 Å². The van der Waals surface area contributed by atoms with Gasteiger partial charge in [-0.15, -0.1) is 0 Å². The fourth-order valence-corrected chi connectivity index (χ4v) is 1.69. The van der Waals surface area contributed by atoms with Gasteiger partial charge in [0.2, 0.25) is 5.91 Å². The van der Waals surface area contributed by atoms with Crippen molar-refractivity contribution in [2.24, 2.45) is 5.92 Å². The van der Waals surface area contributed by atoms with Crippen molar-refractivity contribution in [1.29, 1.82) is 0 Å². The Morgan fingerprint density at radius 1 is 1.35 bits per heavy atom. The highest BCUT2D eigenvalue weighted by molar-refractivity contribution is 5.79. The van der Waals surface area contributed by atoms with Crippen molar-refractivity contribution in [3.05, 3.63) is 0 Å². The molecule has 0 spiro atoms. The summed E-state index contributed by atoms with van der Waals surface area (Å²) in [5.41, 5.74) is 0. The van der Waals surface area contributed by atoms with Crippen molar-refractivity contribution in [2.75, 3.05) is 19.6 Å². The van der Waals surface area contributed by atoms with Gasteiger partial charge in [0.15, 0.2) is 0 Å². The summed E-state index contributed by atoms with van der Waals surface area (Å²) in [7, 11) is 0. The molecule has 3 amide bonds. The van der Waals surface area contributed by atoms with Gasteiger partial charge in [0.1, 0.15) is 0 Å². The first-order valence-electron chi connectivity index (χ1n) is 6.99. The molecule has 0 aromatic heterocycles. The highest BCUT2D eigenvalue weighted by atomic mass is 16.4. The second-order valence-electron chi connectivity index (χ2n) is 5.10. The smallest absolute Gasteiger partial charge is 0.317 e.